The molecule has 4 rings (SSSR count). The van der Waals surface area contributed by atoms with Crippen molar-refractivity contribution >= 4 is 5.91 Å². The number of hydrogen-bond acceptors (Lipinski definition) is 6. The molecule has 0 bridgehead atoms. The molecule has 34 heavy (non-hydrogen) atoms. The van der Waals surface area contributed by atoms with Gasteiger partial charge in [0.2, 0.25) is 5.91 Å². The predicted molar refractivity (Wildman–Crippen MR) is 127 cm³/mol. The Morgan fingerprint density at radius 2 is 2.03 bits per heavy atom. The third kappa shape index (κ3) is 5.93. The van der Waals surface area contributed by atoms with Crippen molar-refractivity contribution in [2.45, 2.75) is 32.4 Å². The van der Waals surface area contributed by atoms with Gasteiger partial charge in [-0.2, -0.15) is 0 Å². The van der Waals surface area contributed by atoms with Crippen LogP contribution in [0.1, 0.15) is 43.0 Å². The number of carbonyl (C=O) groups is 1. The van der Waals surface area contributed by atoms with Crippen molar-refractivity contribution in [2.24, 2.45) is 11.7 Å². The summed E-state index contributed by atoms with van der Waals surface area (Å²) >= 11 is 0. The second kappa shape index (κ2) is 10.8. The number of aliphatic hydroxyl groups excluding tert-OH is 1. The van der Waals surface area contributed by atoms with Crippen LogP contribution in [-0.4, -0.2) is 50.3 Å². The summed E-state index contributed by atoms with van der Waals surface area (Å²) in [6, 6.07) is 9.58. The molecule has 1 fully saturated rings. The second-order valence-electron chi connectivity index (χ2n) is 8.35. The SMILES string of the molecule is C[C@H](O)c1nccn1Cc1cc(-c2ccc(C#CC#CCN3CCC(C(N)=O)CC3)cc2)on1. The Labute approximate surface area is 198 Å². The standard InChI is InChI=1S/C26H27N5O3/c1-19(32)26-28-12-16-31(26)18-23-17-24(34-29-23)21-8-6-20(7-9-21)5-3-2-4-13-30-14-10-22(11-15-30)25(27)33/h6-9,12,16-17,19,22,32H,10-11,13-15,18H2,1H3,(H2,27,33)/t19-/m0/s1. The lowest BCUT2D eigenvalue weighted by Crippen LogP contribution is -2.38. The van der Waals surface area contributed by atoms with Crippen molar-refractivity contribution in [3.63, 3.8) is 0 Å². The molecule has 3 aromatic rings. The smallest absolute Gasteiger partial charge is 0.220 e. The minimum absolute atomic E-state index is 0.00450. The van der Waals surface area contributed by atoms with Crippen LogP contribution in [0.4, 0.5) is 0 Å². The van der Waals surface area contributed by atoms with E-state index in [4.69, 9.17) is 10.3 Å². The monoisotopic (exact) mass is 457 g/mol. The number of aromatic nitrogens is 3. The molecule has 3 N–H and O–H groups in total. The minimum atomic E-state index is -0.652. The van der Waals surface area contributed by atoms with Gasteiger partial charge in [0, 0.05) is 35.5 Å². The van der Waals surface area contributed by atoms with Gasteiger partial charge in [-0.25, -0.2) is 4.98 Å². The molecular formula is C26H27N5O3. The molecule has 2 aromatic heterocycles. The second-order valence-corrected chi connectivity index (χ2v) is 8.35. The maximum atomic E-state index is 11.2. The lowest BCUT2D eigenvalue weighted by Gasteiger charge is -2.28. The molecule has 0 saturated carbocycles. The summed E-state index contributed by atoms with van der Waals surface area (Å²) in [5, 5.41) is 13.9. The number of nitrogens with zero attached hydrogens (tertiary/aromatic N) is 4. The van der Waals surface area contributed by atoms with Crippen LogP contribution in [-0.2, 0) is 11.3 Å². The Morgan fingerprint density at radius 1 is 1.26 bits per heavy atom. The molecule has 1 aromatic carbocycles. The Hall–Kier alpha value is -3.85. The van der Waals surface area contributed by atoms with E-state index in [2.05, 4.69) is 38.7 Å². The van der Waals surface area contributed by atoms with Crippen LogP contribution in [0.2, 0.25) is 0 Å². The number of piperidine rings is 1. The van der Waals surface area contributed by atoms with Crippen LogP contribution in [0.25, 0.3) is 11.3 Å². The van der Waals surface area contributed by atoms with E-state index in [9.17, 15) is 9.90 Å². The van der Waals surface area contributed by atoms with Gasteiger partial charge in [-0.3, -0.25) is 9.69 Å². The normalized spacial score (nSPS) is 15.1. The molecular weight excluding hydrogens is 430 g/mol. The summed E-state index contributed by atoms with van der Waals surface area (Å²) in [6.45, 7) is 4.47. The number of nitrogens with two attached hydrogens (primary N) is 1. The number of carbonyl (C=O) groups excluding carboxylic acids is 1. The third-order valence-corrected chi connectivity index (χ3v) is 5.83. The maximum Gasteiger partial charge on any atom is 0.220 e. The van der Waals surface area contributed by atoms with Gasteiger partial charge in [0.15, 0.2) is 5.76 Å². The van der Waals surface area contributed by atoms with E-state index in [0.29, 0.717) is 24.7 Å². The minimum Gasteiger partial charge on any atom is -0.385 e. The van der Waals surface area contributed by atoms with Crippen molar-refractivity contribution in [3.05, 3.63) is 59.8 Å². The topological polar surface area (TPSA) is 110 Å². The lowest BCUT2D eigenvalue weighted by atomic mass is 9.96. The van der Waals surface area contributed by atoms with Crippen molar-refractivity contribution in [1.29, 1.82) is 0 Å². The van der Waals surface area contributed by atoms with Crippen molar-refractivity contribution in [3.8, 4) is 35.0 Å². The Morgan fingerprint density at radius 3 is 2.74 bits per heavy atom. The van der Waals surface area contributed by atoms with Crippen LogP contribution in [0, 0.1) is 29.6 Å². The van der Waals surface area contributed by atoms with Crippen LogP contribution in [0.3, 0.4) is 0 Å². The van der Waals surface area contributed by atoms with Crippen LogP contribution >= 0.6 is 0 Å². The van der Waals surface area contributed by atoms with Gasteiger partial charge in [-0.15, -0.1) is 0 Å². The Bertz CT molecular complexity index is 1240. The first-order chi connectivity index (χ1) is 16.5. The van der Waals surface area contributed by atoms with E-state index in [1.54, 1.807) is 19.3 Å². The Balaban J connectivity index is 1.30. The highest BCUT2D eigenvalue weighted by Crippen LogP contribution is 2.22. The first kappa shape index (κ1) is 23.3. The molecule has 1 aliphatic heterocycles. The molecule has 3 heterocycles. The average molecular weight is 458 g/mol. The first-order valence-electron chi connectivity index (χ1n) is 11.3. The number of primary amides is 1. The molecule has 8 nitrogen and oxygen atoms in total. The number of benzene rings is 1. The predicted octanol–water partition coefficient (Wildman–Crippen LogP) is 2.19. The molecule has 1 amide bonds. The van der Waals surface area contributed by atoms with E-state index in [-0.39, 0.29) is 11.8 Å². The van der Waals surface area contributed by atoms with Crippen LogP contribution < -0.4 is 5.73 Å². The summed E-state index contributed by atoms with van der Waals surface area (Å²) in [5.41, 5.74) is 7.87. The van der Waals surface area contributed by atoms with E-state index in [1.165, 1.54) is 0 Å². The molecule has 0 aliphatic carbocycles. The highest BCUT2D eigenvalue weighted by atomic mass is 16.5. The number of imidazole rings is 1. The van der Waals surface area contributed by atoms with Gasteiger partial charge < -0.3 is 19.9 Å². The van der Waals surface area contributed by atoms with Crippen molar-refractivity contribution in [1.82, 2.24) is 19.6 Å². The van der Waals surface area contributed by atoms with Gasteiger partial charge in [0.05, 0.1) is 13.1 Å². The first-order valence-corrected chi connectivity index (χ1v) is 11.3. The maximum absolute atomic E-state index is 11.2. The van der Waals surface area contributed by atoms with E-state index >= 15 is 0 Å². The summed E-state index contributed by atoms with van der Waals surface area (Å²) in [6.07, 6.45) is 4.41. The Kier molecular flexibility index (Phi) is 7.44. The van der Waals surface area contributed by atoms with Crippen molar-refractivity contribution < 1.29 is 14.4 Å². The molecule has 174 valence electrons. The molecule has 1 saturated heterocycles. The number of likely N-dealkylation sites (tertiary alicyclic amines) is 1. The quantitative estimate of drug-likeness (QED) is 0.549. The number of amides is 1. The van der Waals surface area contributed by atoms with Gasteiger partial charge in [0.25, 0.3) is 0 Å². The van der Waals surface area contributed by atoms with Crippen LogP contribution in [0.15, 0.2) is 47.2 Å². The largest absolute Gasteiger partial charge is 0.385 e. The van der Waals surface area contributed by atoms with E-state index in [0.717, 1.165) is 42.8 Å². The van der Waals surface area contributed by atoms with Crippen molar-refractivity contribution in [2.75, 3.05) is 19.6 Å². The van der Waals surface area contributed by atoms with Gasteiger partial charge in [0.1, 0.15) is 17.6 Å². The summed E-state index contributed by atoms with van der Waals surface area (Å²) in [4.78, 5) is 17.6. The summed E-state index contributed by atoms with van der Waals surface area (Å²) in [5.74, 6) is 13.0. The van der Waals surface area contributed by atoms with E-state index in [1.807, 2.05) is 34.9 Å². The zero-order valence-electron chi connectivity index (χ0n) is 19.1. The molecule has 1 aliphatic rings. The molecule has 0 spiro atoms. The highest BCUT2D eigenvalue weighted by Gasteiger charge is 2.22. The number of hydrogen-bond donors (Lipinski definition) is 2. The zero-order valence-corrected chi connectivity index (χ0v) is 19.1. The lowest BCUT2D eigenvalue weighted by molar-refractivity contribution is -0.123. The molecule has 0 radical (unpaired) electrons. The van der Waals surface area contributed by atoms with Gasteiger partial charge >= 0.3 is 0 Å². The molecule has 0 unspecified atom stereocenters. The summed E-state index contributed by atoms with van der Waals surface area (Å²) in [7, 11) is 0. The van der Waals surface area contributed by atoms with E-state index < -0.39 is 6.10 Å². The molecule has 1 atom stereocenters. The fraction of sp³-hybridized carbons (Fsp3) is 0.346. The number of rotatable bonds is 6. The van der Waals surface area contributed by atoms with Gasteiger partial charge in [-0.05, 0) is 69.0 Å². The van der Waals surface area contributed by atoms with Crippen LogP contribution in [0.5, 0.6) is 0 Å². The third-order valence-electron chi connectivity index (χ3n) is 5.83. The average Bonchev–Trinajstić information content (AvgIpc) is 3.50. The fourth-order valence-electron chi connectivity index (χ4n) is 3.91. The zero-order chi connectivity index (χ0) is 23.9. The number of aliphatic hydroxyl groups is 1. The van der Waals surface area contributed by atoms with Gasteiger partial charge in [-0.1, -0.05) is 17.0 Å². The summed E-state index contributed by atoms with van der Waals surface area (Å²) < 4.78 is 7.34. The fourth-order valence-corrected chi connectivity index (χ4v) is 3.91. The molecule has 8 heteroatoms. The highest BCUT2D eigenvalue weighted by molar-refractivity contribution is 5.76.